The van der Waals surface area contributed by atoms with Gasteiger partial charge in [-0.2, -0.15) is 0 Å². The number of amides is 2. The second-order valence-corrected chi connectivity index (χ2v) is 7.38. The summed E-state index contributed by atoms with van der Waals surface area (Å²) in [6.07, 6.45) is 0. The number of piperazine rings is 1. The average Bonchev–Trinajstić information content (AvgIpc) is 2.64. The molecule has 3 rings (SSSR count). The van der Waals surface area contributed by atoms with E-state index >= 15 is 0 Å². The third-order valence-electron chi connectivity index (χ3n) is 4.25. The third-order valence-corrected chi connectivity index (χ3v) is 4.97. The molecule has 1 aliphatic rings. The first-order valence-electron chi connectivity index (χ1n) is 8.34. The van der Waals surface area contributed by atoms with Gasteiger partial charge in [0, 0.05) is 41.0 Å². The maximum atomic E-state index is 12.9. The lowest BCUT2D eigenvalue weighted by molar-refractivity contribution is -0.117. The Morgan fingerprint density at radius 2 is 1.58 bits per heavy atom. The highest BCUT2D eigenvalue weighted by Gasteiger charge is 2.23. The van der Waals surface area contributed by atoms with Crippen LogP contribution in [0.3, 0.4) is 0 Å². The maximum absolute atomic E-state index is 12.9. The lowest BCUT2D eigenvalue weighted by Crippen LogP contribution is -2.50. The van der Waals surface area contributed by atoms with Gasteiger partial charge in [0.1, 0.15) is 5.82 Å². The van der Waals surface area contributed by atoms with Crippen LogP contribution in [-0.4, -0.2) is 54.3 Å². The largest absolute Gasteiger partial charge is 0.336 e. The van der Waals surface area contributed by atoms with Crippen molar-refractivity contribution in [1.82, 2.24) is 9.80 Å². The molecule has 0 aliphatic carbocycles. The SMILES string of the molecule is O=C(CN1CCN(C(=O)c2ccc(I)cc2)CC1)Nc1ccc(F)cc1. The van der Waals surface area contributed by atoms with Crippen molar-refractivity contribution >= 4 is 40.1 Å². The molecular weight excluding hydrogens is 448 g/mol. The van der Waals surface area contributed by atoms with Crippen LogP contribution in [0.15, 0.2) is 48.5 Å². The summed E-state index contributed by atoms with van der Waals surface area (Å²) in [5, 5.41) is 2.75. The number of rotatable bonds is 4. The highest BCUT2D eigenvalue weighted by molar-refractivity contribution is 14.1. The minimum atomic E-state index is -0.336. The number of carbonyl (C=O) groups excluding carboxylic acids is 2. The van der Waals surface area contributed by atoms with Crippen molar-refractivity contribution in [2.75, 3.05) is 38.0 Å². The van der Waals surface area contributed by atoms with Crippen LogP contribution in [0.5, 0.6) is 0 Å². The van der Waals surface area contributed by atoms with Gasteiger partial charge in [-0.3, -0.25) is 14.5 Å². The van der Waals surface area contributed by atoms with E-state index in [1.807, 2.05) is 34.1 Å². The molecule has 2 aromatic carbocycles. The van der Waals surface area contributed by atoms with E-state index in [1.54, 1.807) is 0 Å². The monoisotopic (exact) mass is 467 g/mol. The standard InChI is InChI=1S/C19H19FIN3O2/c20-15-3-7-17(8-4-15)22-18(25)13-23-9-11-24(12-10-23)19(26)14-1-5-16(21)6-2-14/h1-8H,9-13H2,(H,22,25). The predicted molar refractivity (Wildman–Crippen MR) is 107 cm³/mol. The van der Waals surface area contributed by atoms with E-state index in [2.05, 4.69) is 27.9 Å². The highest BCUT2D eigenvalue weighted by Crippen LogP contribution is 2.12. The van der Waals surface area contributed by atoms with Crippen LogP contribution in [0.2, 0.25) is 0 Å². The van der Waals surface area contributed by atoms with Crippen LogP contribution in [0.4, 0.5) is 10.1 Å². The van der Waals surface area contributed by atoms with Crippen LogP contribution in [0.25, 0.3) is 0 Å². The number of hydrogen-bond donors (Lipinski definition) is 1. The molecule has 2 amide bonds. The van der Waals surface area contributed by atoms with Crippen molar-refractivity contribution in [3.05, 3.63) is 63.5 Å². The molecular formula is C19H19FIN3O2. The van der Waals surface area contributed by atoms with Gasteiger partial charge in [-0.05, 0) is 71.1 Å². The number of nitrogens with one attached hydrogen (secondary N) is 1. The molecule has 0 aromatic heterocycles. The quantitative estimate of drug-likeness (QED) is 0.704. The Bertz CT molecular complexity index is 772. The minimum absolute atomic E-state index is 0.0248. The number of anilines is 1. The molecule has 7 heteroatoms. The fourth-order valence-electron chi connectivity index (χ4n) is 2.82. The summed E-state index contributed by atoms with van der Waals surface area (Å²) in [4.78, 5) is 28.4. The van der Waals surface area contributed by atoms with Gasteiger partial charge in [-0.1, -0.05) is 0 Å². The predicted octanol–water partition coefficient (Wildman–Crippen LogP) is 2.83. The summed E-state index contributed by atoms with van der Waals surface area (Å²) in [5.41, 5.74) is 1.26. The van der Waals surface area contributed by atoms with Gasteiger partial charge in [-0.25, -0.2) is 4.39 Å². The van der Waals surface area contributed by atoms with E-state index in [0.717, 1.165) is 3.57 Å². The molecule has 0 unspecified atom stereocenters. The number of halogens is 2. The molecule has 0 atom stereocenters. The number of hydrogen-bond acceptors (Lipinski definition) is 3. The fourth-order valence-corrected chi connectivity index (χ4v) is 3.18. The molecule has 1 N–H and O–H groups in total. The second kappa shape index (κ2) is 8.59. The Labute approximate surface area is 165 Å². The molecule has 26 heavy (non-hydrogen) atoms. The van der Waals surface area contributed by atoms with Gasteiger partial charge in [0.2, 0.25) is 5.91 Å². The minimum Gasteiger partial charge on any atom is -0.336 e. The molecule has 1 heterocycles. The molecule has 1 aliphatic heterocycles. The van der Waals surface area contributed by atoms with E-state index in [4.69, 9.17) is 0 Å². The van der Waals surface area contributed by atoms with Crippen LogP contribution >= 0.6 is 22.6 Å². The van der Waals surface area contributed by atoms with Crippen LogP contribution < -0.4 is 5.32 Å². The normalized spacial score (nSPS) is 14.9. The summed E-state index contributed by atoms with van der Waals surface area (Å²) in [7, 11) is 0. The van der Waals surface area contributed by atoms with E-state index in [9.17, 15) is 14.0 Å². The summed E-state index contributed by atoms with van der Waals surface area (Å²) in [5.74, 6) is -0.456. The smallest absolute Gasteiger partial charge is 0.253 e. The first-order chi connectivity index (χ1) is 12.5. The Kier molecular flexibility index (Phi) is 6.20. The zero-order valence-corrected chi connectivity index (χ0v) is 16.3. The second-order valence-electron chi connectivity index (χ2n) is 6.13. The van der Waals surface area contributed by atoms with Crippen LogP contribution in [-0.2, 0) is 4.79 Å². The van der Waals surface area contributed by atoms with Crippen molar-refractivity contribution in [1.29, 1.82) is 0 Å². The zero-order valence-electron chi connectivity index (χ0n) is 14.1. The Morgan fingerprint density at radius 3 is 2.19 bits per heavy atom. The first-order valence-corrected chi connectivity index (χ1v) is 9.42. The molecule has 5 nitrogen and oxygen atoms in total. The summed E-state index contributed by atoms with van der Waals surface area (Å²) in [6.45, 7) is 2.73. The van der Waals surface area contributed by atoms with Crippen LogP contribution in [0, 0.1) is 9.39 Å². The van der Waals surface area contributed by atoms with Gasteiger partial charge in [0.25, 0.3) is 5.91 Å². The summed E-state index contributed by atoms with van der Waals surface area (Å²) < 4.78 is 14.0. The number of nitrogens with zero attached hydrogens (tertiary/aromatic N) is 2. The molecule has 0 spiro atoms. The van der Waals surface area contributed by atoms with Gasteiger partial charge in [0.05, 0.1) is 6.54 Å². The number of benzene rings is 2. The van der Waals surface area contributed by atoms with Crippen molar-refractivity contribution < 1.29 is 14.0 Å². The topological polar surface area (TPSA) is 52.7 Å². The molecule has 0 saturated carbocycles. The Hall–Kier alpha value is -2.00. The van der Waals surface area contributed by atoms with Gasteiger partial charge in [0.15, 0.2) is 0 Å². The average molecular weight is 467 g/mol. The molecule has 136 valence electrons. The molecule has 1 fully saturated rings. The first kappa shape index (κ1) is 18.8. The molecule has 1 saturated heterocycles. The van der Waals surface area contributed by atoms with Crippen molar-refractivity contribution in [2.45, 2.75) is 0 Å². The van der Waals surface area contributed by atoms with Crippen molar-refractivity contribution in [2.24, 2.45) is 0 Å². The van der Waals surface area contributed by atoms with Crippen molar-refractivity contribution in [3.8, 4) is 0 Å². The zero-order chi connectivity index (χ0) is 18.5. The highest BCUT2D eigenvalue weighted by atomic mass is 127. The molecule has 2 aromatic rings. The van der Waals surface area contributed by atoms with Crippen molar-refractivity contribution in [3.63, 3.8) is 0 Å². The van der Waals surface area contributed by atoms with Gasteiger partial charge in [-0.15, -0.1) is 0 Å². The maximum Gasteiger partial charge on any atom is 0.253 e. The Morgan fingerprint density at radius 1 is 0.962 bits per heavy atom. The van der Waals surface area contributed by atoms with E-state index in [0.29, 0.717) is 37.4 Å². The van der Waals surface area contributed by atoms with Gasteiger partial charge >= 0.3 is 0 Å². The van der Waals surface area contributed by atoms with E-state index < -0.39 is 0 Å². The summed E-state index contributed by atoms with van der Waals surface area (Å²) in [6, 6.07) is 13.2. The summed E-state index contributed by atoms with van der Waals surface area (Å²) >= 11 is 2.21. The van der Waals surface area contributed by atoms with E-state index in [1.165, 1.54) is 24.3 Å². The van der Waals surface area contributed by atoms with Gasteiger partial charge < -0.3 is 10.2 Å². The van der Waals surface area contributed by atoms with E-state index in [-0.39, 0.29) is 24.2 Å². The fraction of sp³-hybridized carbons (Fsp3) is 0.263. The lowest BCUT2D eigenvalue weighted by atomic mass is 10.2. The lowest BCUT2D eigenvalue weighted by Gasteiger charge is -2.34. The molecule has 0 radical (unpaired) electrons. The molecule has 0 bridgehead atoms. The third kappa shape index (κ3) is 5.01. The van der Waals surface area contributed by atoms with Crippen LogP contribution in [0.1, 0.15) is 10.4 Å². The Balaban J connectivity index is 1.47. The number of carbonyl (C=O) groups is 2.